The minimum atomic E-state index is -0.385. The van der Waals surface area contributed by atoms with Crippen LogP contribution in [0.2, 0.25) is 0 Å². The van der Waals surface area contributed by atoms with E-state index in [4.69, 9.17) is 0 Å². The topological polar surface area (TPSA) is 71.8 Å². The maximum atomic E-state index is 11.0. The molecule has 0 spiro atoms. The summed E-state index contributed by atoms with van der Waals surface area (Å²) in [7, 11) is 0. The summed E-state index contributed by atoms with van der Waals surface area (Å²) in [5, 5.41) is 12.8. The first-order valence-corrected chi connectivity index (χ1v) is 6.84. The summed E-state index contributed by atoms with van der Waals surface area (Å²) in [5.74, 6) is 0. The van der Waals surface area contributed by atoms with E-state index in [2.05, 4.69) is 9.97 Å². The van der Waals surface area contributed by atoms with Gasteiger partial charge in [-0.3, -0.25) is 10.1 Å². The Kier molecular flexibility index (Phi) is 2.66. The van der Waals surface area contributed by atoms with Gasteiger partial charge in [0.2, 0.25) is 0 Å². The number of nitrogens with one attached hydrogen (secondary N) is 1. The maximum Gasteiger partial charge on any atom is 0.270 e. The van der Waals surface area contributed by atoms with Crippen LogP contribution in [0.5, 0.6) is 0 Å². The summed E-state index contributed by atoms with van der Waals surface area (Å²) in [5.41, 5.74) is 3.50. The van der Waals surface area contributed by atoms with Crippen LogP contribution in [0.15, 0.2) is 60.8 Å². The monoisotopic (exact) mass is 289 g/mol. The molecule has 0 unspecified atom stereocenters. The maximum absolute atomic E-state index is 11.0. The van der Waals surface area contributed by atoms with Crippen molar-refractivity contribution in [1.29, 1.82) is 0 Å². The van der Waals surface area contributed by atoms with Crippen LogP contribution in [0, 0.1) is 10.1 Å². The molecular formula is C17H11N3O2. The molecule has 5 heteroatoms. The zero-order valence-electron chi connectivity index (χ0n) is 11.5. The summed E-state index contributed by atoms with van der Waals surface area (Å²) < 4.78 is 0. The van der Waals surface area contributed by atoms with Crippen molar-refractivity contribution in [2.45, 2.75) is 0 Å². The van der Waals surface area contributed by atoms with E-state index in [0.717, 1.165) is 33.1 Å². The number of para-hydroxylation sites is 1. The fraction of sp³-hybridized carbons (Fsp3) is 0. The van der Waals surface area contributed by atoms with E-state index in [0.29, 0.717) is 0 Å². The number of aromatic nitrogens is 2. The minimum absolute atomic E-state index is 0.0779. The Labute approximate surface area is 125 Å². The van der Waals surface area contributed by atoms with Crippen molar-refractivity contribution in [2.24, 2.45) is 0 Å². The molecule has 0 radical (unpaired) electrons. The Bertz CT molecular complexity index is 1020. The number of rotatable bonds is 2. The third kappa shape index (κ3) is 1.91. The molecular weight excluding hydrogens is 278 g/mol. The van der Waals surface area contributed by atoms with Crippen molar-refractivity contribution in [2.75, 3.05) is 0 Å². The smallest absolute Gasteiger partial charge is 0.270 e. The number of nitrogens with zero attached hydrogens (tertiary/aromatic N) is 2. The number of pyridine rings is 1. The summed E-state index contributed by atoms with van der Waals surface area (Å²) in [6.07, 6.45) is 1.84. The number of H-pyrrole nitrogens is 1. The fourth-order valence-electron chi connectivity index (χ4n) is 2.65. The van der Waals surface area contributed by atoms with Gasteiger partial charge < -0.3 is 4.98 Å². The largest absolute Gasteiger partial charge is 0.360 e. The normalized spacial score (nSPS) is 11.1. The molecule has 106 valence electrons. The quantitative estimate of drug-likeness (QED) is 0.442. The second-order valence-electron chi connectivity index (χ2n) is 5.08. The van der Waals surface area contributed by atoms with Crippen LogP contribution < -0.4 is 0 Å². The predicted octanol–water partition coefficient (Wildman–Crippen LogP) is 4.29. The second kappa shape index (κ2) is 4.66. The van der Waals surface area contributed by atoms with Crippen molar-refractivity contribution < 1.29 is 4.92 Å². The van der Waals surface area contributed by atoms with E-state index in [1.165, 1.54) is 6.07 Å². The van der Waals surface area contributed by atoms with Gasteiger partial charge in [-0.15, -0.1) is 0 Å². The third-order valence-corrected chi connectivity index (χ3v) is 3.75. The standard InChI is InChI=1S/C17H11N3O2/c21-20(22)12-6-8-16-13(9-12)14(10-18-16)17-7-5-11-3-1-2-4-15(11)19-17/h1-10,18H. The van der Waals surface area contributed by atoms with Gasteiger partial charge in [0.05, 0.1) is 16.1 Å². The average Bonchev–Trinajstić information content (AvgIpc) is 2.97. The number of hydrogen-bond donors (Lipinski definition) is 1. The van der Waals surface area contributed by atoms with Crippen LogP contribution in [-0.2, 0) is 0 Å². The molecule has 22 heavy (non-hydrogen) atoms. The van der Waals surface area contributed by atoms with Crippen LogP contribution in [0.3, 0.4) is 0 Å². The van der Waals surface area contributed by atoms with E-state index in [1.807, 2.05) is 42.6 Å². The molecule has 2 aromatic heterocycles. The van der Waals surface area contributed by atoms with E-state index >= 15 is 0 Å². The molecule has 5 nitrogen and oxygen atoms in total. The number of benzene rings is 2. The lowest BCUT2D eigenvalue weighted by molar-refractivity contribution is -0.384. The van der Waals surface area contributed by atoms with Crippen molar-refractivity contribution >= 4 is 27.5 Å². The van der Waals surface area contributed by atoms with E-state index in [-0.39, 0.29) is 10.6 Å². The van der Waals surface area contributed by atoms with Crippen molar-refractivity contribution in [3.63, 3.8) is 0 Å². The van der Waals surface area contributed by atoms with Gasteiger partial charge in [0.15, 0.2) is 0 Å². The molecule has 0 aliphatic carbocycles. The van der Waals surface area contributed by atoms with E-state index in [9.17, 15) is 10.1 Å². The zero-order valence-corrected chi connectivity index (χ0v) is 11.5. The Morgan fingerprint density at radius 2 is 1.91 bits per heavy atom. The van der Waals surface area contributed by atoms with Crippen LogP contribution in [0.4, 0.5) is 5.69 Å². The molecule has 1 N–H and O–H groups in total. The molecule has 4 rings (SSSR count). The molecule has 0 amide bonds. The zero-order chi connectivity index (χ0) is 15.1. The predicted molar refractivity (Wildman–Crippen MR) is 85.7 cm³/mol. The van der Waals surface area contributed by atoms with Gasteiger partial charge in [0, 0.05) is 40.2 Å². The number of nitro benzene ring substituents is 1. The Morgan fingerprint density at radius 3 is 2.77 bits per heavy atom. The van der Waals surface area contributed by atoms with Gasteiger partial charge in [-0.05, 0) is 18.2 Å². The van der Waals surface area contributed by atoms with Gasteiger partial charge >= 0.3 is 0 Å². The van der Waals surface area contributed by atoms with Crippen molar-refractivity contribution in [1.82, 2.24) is 9.97 Å². The van der Waals surface area contributed by atoms with Gasteiger partial charge in [0.1, 0.15) is 0 Å². The van der Waals surface area contributed by atoms with E-state index in [1.54, 1.807) is 12.1 Å². The third-order valence-electron chi connectivity index (χ3n) is 3.75. The number of fused-ring (bicyclic) bond motifs is 2. The number of non-ortho nitro benzene ring substituents is 1. The molecule has 0 fully saturated rings. The van der Waals surface area contributed by atoms with Crippen molar-refractivity contribution in [3.05, 3.63) is 70.9 Å². The Morgan fingerprint density at radius 1 is 1.05 bits per heavy atom. The summed E-state index contributed by atoms with van der Waals surface area (Å²) in [6.45, 7) is 0. The lowest BCUT2D eigenvalue weighted by Gasteiger charge is -2.02. The molecule has 0 bridgehead atoms. The molecule has 2 aromatic carbocycles. The first kappa shape index (κ1) is 12.5. The number of aromatic amines is 1. The van der Waals surface area contributed by atoms with Gasteiger partial charge in [-0.2, -0.15) is 0 Å². The van der Waals surface area contributed by atoms with Gasteiger partial charge in [-0.1, -0.05) is 24.3 Å². The molecule has 0 atom stereocenters. The highest BCUT2D eigenvalue weighted by Gasteiger charge is 2.12. The molecule has 0 saturated heterocycles. The Balaban J connectivity index is 1.95. The van der Waals surface area contributed by atoms with Crippen molar-refractivity contribution in [3.8, 4) is 11.3 Å². The summed E-state index contributed by atoms with van der Waals surface area (Å²) >= 11 is 0. The molecule has 0 aliphatic heterocycles. The number of nitro groups is 1. The highest BCUT2D eigenvalue weighted by molar-refractivity contribution is 5.97. The molecule has 0 aliphatic rings. The highest BCUT2D eigenvalue weighted by Crippen LogP contribution is 2.31. The van der Waals surface area contributed by atoms with Crippen LogP contribution >= 0.6 is 0 Å². The van der Waals surface area contributed by atoms with Gasteiger partial charge in [0.25, 0.3) is 5.69 Å². The lowest BCUT2D eigenvalue weighted by Crippen LogP contribution is -1.87. The lowest BCUT2D eigenvalue weighted by atomic mass is 10.1. The summed E-state index contributed by atoms with van der Waals surface area (Å²) in [4.78, 5) is 18.4. The summed E-state index contributed by atoms with van der Waals surface area (Å²) in [6, 6.07) is 16.6. The molecule has 2 heterocycles. The SMILES string of the molecule is O=[N+]([O-])c1ccc2[nH]cc(-c3ccc4ccccc4n3)c2c1. The first-order chi connectivity index (χ1) is 10.7. The minimum Gasteiger partial charge on any atom is -0.360 e. The van der Waals surface area contributed by atoms with Crippen LogP contribution in [0.1, 0.15) is 0 Å². The van der Waals surface area contributed by atoms with Gasteiger partial charge in [-0.25, -0.2) is 4.98 Å². The van der Waals surface area contributed by atoms with Crippen LogP contribution in [0.25, 0.3) is 33.1 Å². The fourth-order valence-corrected chi connectivity index (χ4v) is 2.65. The van der Waals surface area contributed by atoms with Crippen LogP contribution in [-0.4, -0.2) is 14.9 Å². The molecule has 4 aromatic rings. The molecule has 0 saturated carbocycles. The second-order valence-corrected chi connectivity index (χ2v) is 5.08. The number of hydrogen-bond acceptors (Lipinski definition) is 3. The average molecular weight is 289 g/mol. The Hall–Kier alpha value is -3.21. The highest BCUT2D eigenvalue weighted by atomic mass is 16.6. The first-order valence-electron chi connectivity index (χ1n) is 6.84. The van der Waals surface area contributed by atoms with E-state index < -0.39 is 0 Å².